The molecule has 162 valence electrons. The highest BCUT2D eigenvalue weighted by molar-refractivity contribution is 7.99. The Hall–Kier alpha value is -3.73. The number of ether oxygens (including phenoxy) is 2. The average Bonchev–Trinajstić information content (AvgIpc) is 3.33. The summed E-state index contributed by atoms with van der Waals surface area (Å²) < 4.78 is 10.4. The van der Waals surface area contributed by atoms with Crippen LogP contribution in [0.15, 0.2) is 40.1 Å². The van der Waals surface area contributed by atoms with Gasteiger partial charge < -0.3 is 20.5 Å². The molecular weight excluding hydrogens is 446 g/mol. The van der Waals surface area contributed by atoms with Crippen LogP contribution in [0, 0.1) is 22.7 Å². The predicted molar refractivity (Wildman–Crippen MR) is 125 cm³/mol. The molecule has 1 aromatic carbocycles. The van der Waals surface area contributed by atoms with Gasteiger partial charge in [0, 0.05) is 23.8 Å². The number of benzene rings is 1. The summed E-state index contributed by atoms with van der Waals surface area (Å²) in [7, 11) is 3.06. The summed E-state index contributed by atoms with van der Waals surface area (Å²) in [4.78, 5) is 16.7. The molecule has 1 amide bonds. The first-order valence-electron chi connectivity index (χ1n) is 9.33. The van der Waals surface area contributed by atoms with Crippen molar-refractivity contribution in [2.75, 3.05) is 31.0 Å². The van der Waals surface area contributed by atoms with Gasteiger partial charge in [-0.25, -0.2) is 4.98 Å². The van der Waals surface area contributed by atoms with Crippen LogP contribution in [0.4, 0.5) is 11.5 Å². The minimum atomic E-state index is -0.223. The number of thiophene rings is 1. The number of nitrogens with two attached hydrogens (primary N) is 1. The van der Waals surface area contributed by atoms with Crippen LogP contribution in [-0.4, -0.2) is 30.9 Å². The van der Waals surface area contributed by atoms with Crippen LogP contribution >= 0.6 is 23.1 Å². The van der Waals surface area contributed by atoms with Crippen molar-refractivity contribution < 1.29 is 14.3 Å². The SMILES string of the molecule is COc1ccc(NC(=O)CCSc2nc(N)c(C#N)c(-c3ccsc3)c2C#N)c(OC)c1. The number of pyridine rings is 1. The second-order valence-electron chi connectivity index (χ2n) is 6.38. The lowest BCUT2D eigenvalue weighted by Crippen LogP contribution is -2.13. The maximum Gasteiger partial charge on any atom is 0.225 e. The molecule has 3 N–H and O–H groups in total. The first-order chi connectivity index (χ1) is 15.5. The number of methoxy groups -OCH3 is 2. The molecular formula is C22H19N5O3S2. The zero-order valence-corrected chi connectivity index (χ0v) is 19.0. The molecule has 0 radical (unpaired) electrons. The fourth-order valence-corrected chi connectivity index (χ4v) is 4.54. The van der Waals surface area contributed by atoms with Gasteiger partial charge in [-0.05, 0) is 34.5 Å². The molecule has 10 heteroatoms. The van der Waals surface area contributed by atoms with Crippen LogP contribution in [-0.2, 0) is 4.79 Å². The molecule has 0 bridgehead atoms. The van der Waals surface area contributed by atoms with Gasteiger partial charge in [0.05, 0.1) is 25.5 Å². The van der Waals surface area contributed by atoms with E-state index in [-0.39, 0.29) is 29.3 Å². The smallest absolute Gasteiger partial charge is 0.225 e. The lowest BCUT2D eigenvalue weighted by molar-refractivity contribution is -0.115. The number of nitrogens with zero attached hydrogens (tertiary/aromatic N) is 3. The van der Waals surface area contributed by atoms with E-state index in [1.54, 1.807) is 25.3 Å². The highest BCUT2D eigenvalue weighted by Gasteiger charge is 2.21. The van der Waals surface area contributed by atoms with Gasteiger partial charge in [0.25, 0.3) is 0 Å². The minimum Gasteiger partial charge on any atom is -0.497 e. The molecule has 0 fully saturated rings. The van der Waals surface area contributed by atoms with Crippen molar-refractivity contribution in [3.63, 3.8) is 0 Å². The van der Waals surface area contributed by atoms with Gasteiger partial charge in [0.1, 0.15) is 40.0 Å². The van der Waals surface area contributed by atoms with Gasteiger partial charge in [0.15, 0.2) is 0 Å². The second kappa shape index (κ2) is 10.5. The van der Waals surface area contributed by atoms with Crippen LogP contribution in [0.2, 0.25) is 0 Å². The molecule has 3 rings (SSSR count). The van der Waals surface area contributed by atoms with Crippen molar-refractivity contribution in [1.82, 2.24) is 4.98 Å². The summed E-state index contributed by atoms with van der Waals surface area (Å²) in [6, 6.07) is 11.1. The first kappa shape index (κ1) is 22.9. The van der Waals surface area contributed by atoms with Crippen molar-refractivity contribution in [2.45, 2.75) is 11.4 Å². The number of thioether (sulfide) groups is 1. The largest absolute Gasteiger partial charge is 0.497 e. The molecule has 0 aliphatic carbocycles. The van der Waals surface area contributed by atoms with Crippen LogP contribution in [0.25, 0.3) is 11.1 Å². The highest BCUT2D eigenvalue weighted by atomic mass is 32.2. The number of nitriles is 2. The molecule has 0 atom stereocenters. The normalized spacial score (nSPS) is 10.1. The van der Waals surface area contributed by atoms with E-state index in [4.69, 9.17) is 15.2 Å². The summed E-state index contributed by atoms with van der Waals surface area (Å²) in [5.74, 6) is 1.30. The number of anilines is 2. The quantitative estimate of drug-likeness (QED) is 0.471. The van der Waals surface area contributed by atoms with E-state index >= 15 is 0 Å². The third-order valence-corrected chi connectivity index (χ3v) is 6.14. The lowest BCUT2D eigenvalue weighted by atomic mass is 9.99. The van der Waals surface area contributed by atoms with Crippen LogP contribution < -0.4 is 20.5 Å². The minimum absolute atomic E-state index is 0.0580. The van der Waals surface area contributed by atoms with Gasteiger partial charge in [-0.15, -0.1) is 11.8 Å². The number of nitrogens with one attached hydrogen (secondary N) is 1. The zero-order valence-electron chi connectivity index (χ0n) is 17.3. The standard InChI is InChI=1S/C22H19N5O3S2/c1-29-14-3-4-17(18(9-14)30-2)26-19(28)6-8-32-22-16(11-24)20(13-5-7-31-12-13)15(10-23)21(25)27-22/h3-5,7,9,12H,6,8H2,1-2H3,(H2,25,27)(H,26,28). The summed E-state index contributed by atoms with van der Waals surface area (Å²) in [6.45, 7) is 0. The van der Waals surface area contributed by atoms with Gasteiger partial charge in [-0.2, -0.15) is 21.9 Å². The molecule has 3 aromatic rings. The lowest BCUT2D eigenvalue weighted by Gasteiger charge is -2.13. The van der Waals surface area contributed by atoms with Crippen molar-refractivity contribution in [3.05, 3.63) is 46.2 Å². The monoisotopic (exact) mass is 465 g/mol. The number of carbonyl (C=O) groups excluding carboxylic acids is 1. The van der Waals surface area contributed by atoms with Crippen molar-refractivity contribution in [3.8, 4) is 34.8 Å². The highest BCUT2D eigenvalue weighted by Crippen LogP contribution is 2.36. The summed E-state index contributed by atoms with van der Waals surface area (Å²) in [5.41, 5.74) is 8.18. The van der Waals surface area contributed by atoms with Crippen molar-refractivity contribution in [1.29, 1.82) is 10.5 Å². The Labute approximate surface area is 193 Å². The van der Waals surface area contributed by atoms with Gasteiger partial charge in [0.2, 0.25) is 5.91 Å². The number of carbonyl (C=O) groups is 1. The first-order valence-corrected chi connectivity index (χ1v) is 11.3. The van der Waals surface area contributed by atoms with Crippen molar-refractivity contribution in [2.24, 2.45) is 0 Å². The summed E-state index contributed by atoms with van der Waals surface area (Å²) in [5, 5.41) is 26.2. The van der Waals surface area contributed by atoms with E-state index < -0.39 is 0 Å². The van der Waals surface area contributed by atoms with E-state index in [1.165, 1.54) is 30.2 Å². The predicted octanol–water partition coefficient (Wildman–Crippen LogP) is 4.27. The maximum absolute atomic E-state index is 12.4. The summed E-state index contributed by atoms with van der Waals surface area (Å²) >= 11 is 2.69. The molecule has 0 aliphatic rings. The fourth-order valence-electron chi connectivity index (χ4n) is 2.95. The van der Waals surface area contributed by atoms with Crippen LogP contribution in [0.3, 0.4) is 0 Å². The summed E-state index contributed by atoms with van der Waals surface area (Å²) in [6.07, 6.45) is 0.167. The molecule has 0 spiro atoms. The topological polar surface area (TPSA) is 134 Å². The van der Waals surface area contributed by atoms with E-state index in [0.29, 0.717) is 33.5 Å². The third-order valence-electron chi connectivity index (χ3n) is 4.48. The Bertz CT molecular complexity index is 1210. The number of nitrogen functional groups attached to an aromatic ring is 1. The van der Waals surface area contributed by atoms with E-state index in [2.05, 4.69) is 16.4 Å². The Kier molecular flexibility index (Phi) is 7.55. The molecule has 0 saturated carbocycles. The molecule has 0 unspecified atom stereocenters. The number of hydrogen-bond donors (Lipinski definition) is 2. The van der Waals surface area contributed by atoms with Crippen LogP contribution in [0.5, 0.6) is 11.5 Å². The molecule has 0 aliphatic heterocycles. The molecule has 2 aromatic heterocycles. The van der Waals surface area contributed by atoms with Crippen LogP contribution in [0.1, 0.15) is 17.5 Å². The molecule has 8 nitrogen and oxygen atoms in total. The Balaban J connectivity index is 1.75. The number of amides is 1. The molecule has 32 heavy (non-hydrogen) atoms. The van der Waals surface area contributed by atoms with E-state index in [0.717, 1.165) is 5.56 Å². The Morgan fingerprint density at radius 2 is 2.00 bits per heavy atom. The Morgan fingerprint density at radius 1 is 1.22 bits per heavy atom. The average molecular weight is 466 g/mol. The van der Waals surface area contributed by atoms with Gasteiger partial charge >= 0.3 is 0 Å². The fraction of sp³-hybridized carbons (Fsp3) is 0.182. The van der Waals surface area contributed by atoms with Gasteiger partial charge in [-0.3, -0.25) is 4.79 Å². The maximum atomic E-state index is 12.4. The molecule has 0 saturated heterocycles. The number of rotatable bonds is 8. The third kappa shape index (κ3) is 4.94. The number of hydrogen-bond acceptors (Lipinski definition) is 9. The van der Waals surface area contributed by atoms with Gasteiger partial charge in [-0.1, -0.05) is 0 Å². The van der Waals surface area contributed by atoms with E-state index in [1.807, 2.05) is 22.9 Å². The molecule has 2 heterocycles. The van der Waals surface area contributed by atoms with Crippen molar-refractivity contribution >= 4 is 40.5 Å². The number of aromatic nitrogens is 1. The van der Waals surface area contributed by atoms with E-state index in [9.17, 15) is 15.3 Å². The zero-order chi connectivity index (χ0) is 23.1. The Morgan fingerprint density at radius 3 is 2.62 bits per heavy atom. The second-order valence-corrected chi connectivity index (χ2v) is 8.24.